The van der Waals surface area contributed by atoms with Crippen LogP contribution in [0.3, 0.4) is 0 Å². The Morgan fingerprint density at radius 3 is 2.85 bits per heavy atom. The number of amides is 2. The highest BCUT2D eigenvalue weighted by molar-refractivity contribution is 5.73. The van der Waals surface area contributed by atoms with E-state index >= 15 is 0 Å². The Labute approximate surface area is 74.9 Å². The molecule has 6 heteroatoms. The lowest BCUT2D eigenvalue weighted by molar-refractivity contribution is 0.242. The number of aromatic nitrogens is 2. The summed E-state index contributed by atoms with van der Waals surface area (Å²) in [6.45, 7) is 0.315. The lowest BCUT2D eigenvalue weighted by Gasteiger charge is -2.01. The zero-order valence-electron chi connectivity index (χ0n) is 7.55. The predicted molar refractivity (Wildman–Crippen MR) is 47.3 cm³/mol. The zero-order valence-corrected chi connectivity index (χ0v) is 7.55. The summed E-state index contributed by atoms with van der Waals surface area (Å²) in [6, 6.07) is 1.17. The highest BCUT2D eigenvalue weighted by Crippen LogP contribution is 1.86. The fraction of sp³-hybridized carbons (Fsp3) is 0.429. The standard InChI is InChI=1S/C7H12N4O2/c1-8-7(13)9-4-5-3-6(12)11(2)10-5/h3,10H,4H2,1-2H3,(H2,8,9,13). The highest BCUT2D eigenvalue weighted by atomic mass is 16.2. The predicted octanol–water partition coefficient (Wildman–Crippen LogP) is -0.858. The van der Waals surface area contributed by atoms with Crippen LogP contribution in [-0.4, -0.2) is 22.9 Å². The summed E-state index contributed by atoms with van der Waals surface area (Å²) >= 11 is 0. The topological polar surface area (TPSA) is 78.9 Å². The van der Waals surface area contributed by atoms with Crippen LogP contribution in [0.1, 0.15) is 5.69 Å². The van der Waals surface area contributed by atoms with E-state index in [9.17, 15) is 9.59 Å². The third-order valence-electron chi connectivity index (χ3n) is 1.61. The minimum absolute atomic E-state index is 0.117. The van der Waals surface area contributed by atoms with E-state index < -0.39 is 0 Å². The van der Waals surface area contributed by atoms with Crippen LogP contribution >= 0.6 is 0 Å². The molecule has 0 aliphatic heterocycles. The third-order valence-corrected chi connectivity index (χ3v) is 1.61. The van der Waals surface area contributed by atoms with Gasteiger partial charge in [0.05, 0.1) is 12.2 Å². The number of hydrogen-bond donors (Lipinski definition) is 3. The average molecular weight is 184 g/mol. The molecule has 6 nitrogen and oxygen atoms in total. The number of urea groups is 1. The van der Waals surface area contributed by atoms with Crippen LogP contribution < -0.4 is 16.2 Å². The van der Waals surface area contributed by atoms with Gasteiger partial charge in [-0.25, -0.2) is 4.79 Å². The number of rotatable bonds is 2. The minimum atomic E-state index is -0.273. The molecule has 72 valence electrons. The minimum Gasteiger partial charge on any atom is -0.341 e. The van der Waals surface area contributed by atoms with Crippen LogP contribution in [0, 0.1) is 0 Å². The van der Waals surface area contributed by atoms with Gasteiger partial charge in [0, 0.05) is 20.2 Å². The maximum absolute atomic E-state index is 11.0. The quantitative estimate of drug-likeness (QED) is 0.559. The first-order valence-electron chi connectivity index (χ1n) is 3.84. The van der Waals surface area contributed by atoms with E-state index in [4.69, 9.17) is 0 Å². The van der Waals surface area contributed by atoms with Crippen LogP contribution in [0.5, 0.6) is 0 Å². The lowest BCUT2D eigenvalue weighted by Crippen LogP contribution is -2.32. The third kappa shape index (κ3) is 2.36. The van der Waals surface area contributed by atoms with Gasteiger partial charge in [-0.15, -0.1) is 0 Å². The van der Waals surface area contributed by atoms with E-state index in [0.717, 1.165) is 0 Å². The van der Waals surface area contributed by atoms with Crippen molar-refractivity contribution >= 4 is 6.03 Å². The van der Waals surface area contributed by atoms with Crippen LogP contribution in [0.2, 0.25) is 0 Å². The van der Waals surface area contributed by atoms with Crippen molar-refractivity contribution in [1.82, 2.24) is 20.4 Å². The van der Waals surface area contributed by atoms with Crippen molar-refractivity contribution in [2.24, 2.45) is 7.05 Å². The number of nitrogens with one attached hydrogen (secondary N) is 3. The molecule has 3 N–H and O–H groups in total. The van der Waals surface area contributed by atoms with E-state index in [1.807, 2.05) is 0 Å². The Morgan fingerprint density at radius 2 is 2.38 bits per heavy atom. The number of nitrogens with zero attached hydrogens (tertiary/aromatic N) is 1. The Bertz CT molecular complexity index is 352. The molecule has 0 radical (unpaired) electrons. The molecule has 0 aromatic carbocycles. The second-order valence-electron chi connectivity index (χ2n) is 2.61. The van der Waals surface area contributed by atoms with Crippen molar-refractivity contribution in [2.45, 2.75) is 6.54 Å². The number of aryl methyl sites for hydroxylation is 1. The van der Waals surface area contributed by atoms with Crippen molar-refractivity contribution in [2.75, 3.05) is 7.05 Å². The molecule has 13 heavy (non-hydrogen) atoms. The Hall–Kier alpha value is -1.72. The van der Waals surface area contributed by atoms with E-state index in [1.54, 1.807) is 7.05 Å². The number of H-pyrrole nitrogens is 1. The molecule has 2 amide bonds. The van der Waals surface area contributed by atoms with Crippen molar-refractivity contribution in [3.63, 3.8) is 0 Å². The van der Waals surface area contributed by atoms with Crippen LogP contribution in [-0.2, 0) is 13.6 Å². The Morgan fingerprint density at radius 1 is 1.69 bits per heavy atom. The molecule has 1 rings (SSSR count). The molecule has 0 saturated carbocycles. The van der Waals surface area contributed by atoms with E-state index in [-0.39, 0.29) is 11.6 Å². The zero-order chi connectivity index (χ0) is 9.84. The molecule has 0 aliphatic rings. The molecule has 0 atom stereocenters. The van der Waals surface area contributed by atoms with Crippen molar-refractivity contribution in [3.05, 3.63) is 22.1 Å². The fourth-order valence-electron chi connectivity index (χ4n) is 0.903. The van der Waals surface area contributed by atoms with Gasteiger partial charge in [-0.1, -0.05) is 0 Å². The first-order chi connectivity index (χ1) is 6.13. The van der Waals surface area contributed by atoms with Gasteiger partial charge in [-0.2, -0.15) is 0 Å². The summed E-state index contributed by atoms with van der Waals surface area (Å²) in [5, 5.41) is 7.75. The van der Waals surface area contributed by atoms with Gasteiger partial charge in [0.15, 0.2) is 0 Å². The summed E-state index contributed by atoms with van der Waals surface area (Å²) in [5.41, 5.74) is 0.560. The molecule has 1 aromatic heterocycles. The Balaban J connectivity index is 2.55. The Kier molecular flexibility index (Phi) is 2.73. The van der Waals surface area contributed by atoms with Gasteiger partial charge in [-0.05, 0) is 0 Å². The van der Waals surface area contributed by atoms with Gasteiger partial charge < -0.3 is 10.6 Å². The first-order valence-corrected chi connectivity index (χ1v) is 3.84. The van der Waals surface area contributed by atoms with Crippen LogP contribution in [0.15, 0.2) is 10.9 Å². The molecule has 0 unspecified atom stereocenters. The monoisotopic (exact) mass is 184 g/mol. The molecule has 0 aliphatic carbocycles. The lowest BCUT2D eigenvalue weighted by atomic mass is 10.4. The summed E-state index contributed by atoms with van der Waals surface area (Å²) in [4.78, 5) is 21.7. The molecule has 0 spiro atoms. The number of hydrogen-bond acceptors (Lipinski definition) is 2. The SMILES string of the molecule is CNC(=O)NCc1cc(=O)n(C)[nH]1. The van der Waals surface area contributed by atoms with Crippen molar-refractivity contribution in [1.29, 1.82) is 0 Å². The second kappa shape index (κ2) is 3.79. The van der Waals surface area contributed by atoms with Crippen molar-refractivity contribution in [3.8, 4) is 0 Å². The average Bonchev–Trinajstić information content (AvgIpc) is 2.42. The molecule has 0 fully saturated rings. The van der Waals surface area contributed by atoms with Gasteiger partial charge in [0.1, 0.15) is 0 Å². The largest absolute Gasteiger partial charge is 0.341 e. The van der Waals surface area contributed by atoms with Gasteiger partial charge >= 0.3 is 6.03 Å². The summed E-state index contributed by atoms with van der Waals surface area (Å²) in [6.07, 6.45) is 0. The molecule has 1 heterocycles. The maximum atomic E-state index is 11.0. The van der Waals surface area contributed by atoms with E-state index in [1.165, 1.54) is 17.8 Å². The number of carbonyl (C=O) groups excluding carboxylic acids is 1. The van der Waals surface area contributed by atoms with E-state index in [2.05, 4.69) is 15.7 Å². The van der Waals surface area contributed by atoms with Crippen molar-refractivity contribution < 1.29 is 4.79 Å². The van der Waals surface area contributed by atoms with Gasteiger partial charge in [0.2, 0.25) is 0 Å². The molecular formula is C7H12N4O2. The summed E-state index contributed by atoms with van der Waals surface area (Å²) < 4.78 is 1.35. The fourth-order valence-corrected chi connectivity index (χ4v) is 0.903. The smallest absolute Gasteiger partial charge is 0.314 e. The molecule has 0 saturated heterocycles. The van der Waals surface area contributed by atoms with Crippen LogP contribution in [0.4, 0.5) is 4.79 Å². The first kappa shape index (κ1) is 9.37. The van der Waals surface area contributed by atoms with E-state index in [0.29, 0.717) is 12.2 Å². The van der Waals surface area contributed by atoms with Gasteiger partial charge in [0.25, 0.3) is 5.56 Å². The maximum Gasteiger partial charge on any atom is 0.314 e. The summed E-state index contributed by atoms with van der Waals surface area (Å²) in [7, 11) is 3.15. The van der Waals surface area contributed by atoms with Gasteiger partial charge in [-0.3, -0.25) is 14.6 Å². The molecule has 0 bridgehead atoms. The summed E-state index contributed by atoms with van der Waals surface area (Å²) in [5.74, 6) is 0. The number of carbonyl (C=O) groups is 1. The number of aromatic amines is 1. The highest BCUT2D eigenvalue weighted by Gasteiger charge is 2.00. The molecule has 1 aromatic rings. The molecular weight excluding hydrogens is 172 g/mol. The second-order valence-corrected chi connectivity index (χ2v) is 2.61. The normalized spacial score (nSPS) is 9.69. The van der Waals surface area contributed by atoms with Crippen LogP contribution in [0.25, 0.3) is 0 Å².